The smallest absolute Gasteiger partial charge is 0.248 e. The van der Waals surface area contributed by atoms with Crippen LogP contribution in [0.4, 0.5) is 5.82 Å². The maximum absolute atomic E-state index is 11.8. The minimum absolute atomic E-state index is 0.0933. The van der Waals surface area contributed by atoms with E-state index in [4.69, 9.17) is 0 Å². The Bertz CT molecular complexity index is 453. The molecule has 0 fully saturated rings. The van der Waals surface area contributed by atoms with Gasteiger partial charge in [-0.25, -0.2) is 4.98 Å². The van der Waals surface area contributed by atoms with E-state index < -0.39 is 0 Å². The Morgan fingerprint density at radius 3 is 2.88 bits per heavy atom. The number of carbonyl (C=O) groups is 1. The van der Waals surface area contributed by atoms with Gasteiger partial charge in [-0.1, -0.05) is 13.0 Å². The van der Waals surface area contributed by atoms with Gasteiger partial charge < -0.3 is 0 Å². The molecular weight excluding hydrogens is 206 g/mol. The first-order valence-electron chi connectivity index (χ1n) is 4.93. The van der Waals surface area contributed by atoms with Crippen molar-refractivity contribution >= 4 is 11.7 Å². The first-order chi connectivity index (χ1) is 7.83. The highest BCUT2D eigenvalue weighted by Crippen LogP contribution is 2.11. The highest BCUT2D eigenvalue weighted by molar-refractivity contribution is 5.91. The Morgan fingerprint density at radius 1 is 1.44 bits per heavy atom. The SMILES string of the molecule is CCC(=O)N(c1ccccn1)n1ccnn1. The molecule has 2 aromatic heterocycles. The van der Waals surface area contributed by atoms with Gasteiger partial charge in [0, 0.05) is 12.6 Å². The van der Waals surface area contributed by atoms with E-state index in [0.717, 1.165) is 0 Å². The molecule has 2 aromatic rings. The topological polar surface area (TPSA) is 63.9 Å². The summed E-state index contributed by atoms with van der Waals surface area (Å²) in [5, 5.41) is 8.85. The van der Waals surface area contributed by atoms with Gasteiger partial charge in [0.1, 0.15) is 0 Å². The summed E-state index contributed by atoms with van der Waals surface area (Å²) >= 11 is 0. The molecule has 0 aromatic carbocycles. The maximum atomic E-state index is 11.8. The molecule has 0 aliphatic carbocycles. The molecule has 82 valence electrons. The number of pyridine rings is 1. The lowest BCUT2D eigenvalue weighted by atomic mass is 10.4. The molecule has 2 heterocycles. The van der Waals surface area contributed by atoms with Crippen LogP contribution in [0.1, 0.15) is 13.3 Å². The van der Waals surface area contributed by atoms with E-state index >= 15 is 0 Å². The number of hydrogen-bond donors (Lipinski definition) is 0. The van der Waals surface area contributed by atoms with Crippen LogP contribution in [-0.2, 0) is 4.79 Å². The largest absolute Gasteiger partial charge is 0.273 e. The van der Waals surface area contributed by atoms with Crippen LogP contribution in [0, 0.1) is 0 Å². The van der Waals surface area contributed by atoms with Crippen molar-refractivity contribution in [2.75, 3.05) is 5.01 Å². The number of nitrogens with zero attached hydrogens (tertiary/aromatic N) is 5. The van der Waals surface area contributed by atoms with Gasteiger partial charge in [-0.05, 0) is 17.3 Å². The molecule has 6 heteroatoms. The quantitative estimate of drug-likeness (QED) is 0.765. The number of rotatable bonds is 3. The summed E-state index contributed by atoms with van der Waals surface area (Å²) in [6.45, 7) is 1.79. The second-order valence-corrected chi connectivity index (χ2v) is 3.07. The minimum atomic E-state index is -0.0933. The third-order valence-electron chi connectivity index (χ3n) is 2.02. The van der Waals surface area contributed by atoms with E-state index in [9.17, 15) is 4.79 Å². The first-order valence-corrected chi connectivity index (χ1v) is 4.93. The summed E-state index contributed by atoms with van der Waals surface area (Å²) in [7, 11) is 0. The Kier molecular flexibility index (Phi) is 2.90. The van der Waals surface area contributed by atoms with Crippen LogP contribution in [0.3, 0.4) is 0 Å². The van der Waals surface area contributed by atoms with Crippen LogP contribution in [0.2, 0.25) is 0 Å². The lowest BCUT2D eigenvalue weighted by Gasteiger charge is -2.19. The van der Waals surface area contributed by atoms with E-state index in [1.54, 1.807) is 31.5 Å². The molecule has 0 N–H and O–H groups in total. The molecule has 1 amide bonds. The molecular formula is C10H11N5O. The Morgan fingerprint density at radius 2 is 2.31 bits per heavy atom. The van der Waals surface area contributed by atoms with Crippen molar-refractivity contribution in [1.82, 2.24) is 20.1 Å². The van der Waals surface area contributed by atoms with Crippen molar-refractivity contribution in [3.63, 3.8) is 0 Å². The molecule has 0 spiro atoms. The van der Waals surface area contributed by atoms with Gasteiger partial charge in [0.25, 0.3) is 0 Å². The van der Waals surface area contributed by atoms with Crippen molar-refractivity contribution in [1.29, 1.82) is 0 Å². The molecule has 0 bridgehead atoms. The summed E-state index contributed by atoms with van der Waals surface area (Å²) in [5.74, 6) is 0.434. The van der Waals surface area contributed by atoms with Crippen LogP contribution in [-0.4, -0.2) is 26.0 Å². The van der Waals surface area contributed by atoms with Gasteiger partial charge in [-0.2, -0.15) is 9.80 Å². The van der Waals surface area contributed by atoms with Gasteiger partial charge in [0.2, 0.25) is 5.91 Å². The predicted octanol–water partition coefficient (Wildman–Crippen LogP) is 0.879. The zero-order chi connectivity index (χ0) is 11.4. The average molecular weight is 217 g/mol. The van der Waals surface area contributed by atoms with Crippen molar-refractivity contribution < 1.29 is 4.79 Å². The summed E-state index contributed by atoms with van der Waals surface area (Å²) in [5.41, 5.74) is 0. The molecule has 0 aliphatic heterocycles. The van der Waals surface area contributed by atoms with Gasteiger partial charge in [0.05, 0.1) is 12.4 Å². The number of carbonyl (C=O) groups excluding carboxylic acids is 1. The fourth-order valence-corrected chi connectivity index (χ4v) is 1.28. The molecule has 16 heavy (non-hydrogen) atoms. The standard InChI is InChI=1S/C10H11N5O/c1-2-10(16)15(14-8-7-12-13-14)9-5-3-4-6-11-9/h3-8H,2H2,1H3. The molecule has 2 rings (SSSR count). The zero-order valence-corrected chi connectivity index (χ0v) is 8.82. The van der Waals surface area contributed by atoms with Crippen LogP contribution >= 0.6 is 0 Å². The summed E-state index contributed by atoms with van der Waals surface area (Å²) in [6.07, 6.45) is 5.11. The highest BCUT2D eigenvalue weighted by atomic mass is 16.2. The Hall–Kier alpha value is -2.24. The Labute approximate surface area is 92.5 Å². The van der Waals surface area contributed by atoms with Crippen LogP contribution < -0.4 is 5.01 Å². The fourth-order valence-electron chi connectivity index (χ4n) is 1.28. The molecule has 0 saturated carbocycles. The third-order valence-corrected chi connectivity index (χ3v) is 2.02. The lowest BCUT2D eigenvalue weighted by molar-refractivity contribution is -0.119. The number of aromatic nitrogens is 4. The highest BCUT2D eigenvalue weighted by Gasteiger charge is 2.17. The maximum Gasteiger partial charge on any atom is 0.248 e. The van der Waals surface area contributed by atoms with Crippen molar-refractivity contribution in [3.05, 3.63) is 36.8 Å². The molecule has 0 saturated heterocycles. The van der Waals surface area contributed by atoms with E-state index in [-0.39, 0.29) is 5.91 Å². The minimum Gasteiger partial charge on any atom is -0.273 e. The number of amides is 1. The second kappa shape index (κ2) is 4.52. The molecule has 0 unspecified atom stereocenters. The summed E-state index contributed by atoms with van der Waals surface area (Å²) < 4.78 is 0. The normalized spacial score (nSPS) is 10.1. The molecule has 0 atom stereocenters. The molecule has 0 radical (unpaired) electrons. The molecule has 0 aliphatic rings. The predicted molar refractivity (Wildman–Crippen MR) is 57.4 cm³/mol. The monoisotopic (exact) mass is 217 g/mol. The Balaban J connectivity index is 2.40. The summed E-state index contributed by atoms with van der Waals surface area (Å²) in [6, 6.07) is 5.35. The van der Waals surface area contributed by atoms with Crippen molar-refractivity contribution in [3.8, 4) is 0 Å². The van der Waals surface area contributed by atoms with E-state index in [2.05, 4.69) is 15.3 Å². The van der Waals surface area contributed by atoms with Crippen molar-refractivity contribution in [2.24, 2.45) is 0 Å². The van der Waals surface area contributed by atoms with Crippen LogP contribution in [0.5, 0.6) is 0 Å². The number of hydrogen-bond acceptors (Lipinski definition) is 4. The van der Waals surface area contributed by atoms with Crippen LogP contribution in [0.25, 0.3) is 0 Å². The molecule has 6 nitrogen and oxygen atoms in total. The van der Waals surface area contributed by atoms with Gasteiger partial charge in [0.15, 0.2) is 5.82 Å². The van der Waals surface area contributed by atoms with Gasteiger partial charge in [-0.15, -0.1) is 5.10 Å². The lowest BCUT2D eigenvalue weighted by Crippen LogP contribution is -2.36. The van der Waals surface area contributed by atoms with Crippen molar-refractivity contribution in [2.45, 2.75) is 13.3 Å². The van der Waals surface area contributed by atoms with Gasteiger partial charge >= 0.3 is 0 Å². The van der Waals surface area contributed by atoms with E-state index in [0.29, 0.717) is 12.2 Å². The fraction of sp³-hybridized carbons (Fsp3) is 0.200. The van der Waals surface area contributed by atoms with E-state index in [1.807, 2.05) is 6.07 Å². The van der Waals surface area contributed by atoms with E-state index in [1.165, 1.54) is 16.0 Å². The average Bonchev–Trinajstić information content (AvgIpc) is 2.84. The number of anilines is 1. The zero-order valence-electron chi connectivity index (χ0n) is 8.82. The first kappa shape index (κ1) is 10.3. The third kappa shape index (κ3) is 1.90. The summed E-state index contributed by atoms with van der Waals surface area (Å²) in [4.78, 5) is 17.3. The van der Waals surface area contributed by atoms with Crippen LogP contribution in [0.15, 0.2) is 36.8 Å². The second-order valence-electron chi connectivity index (χ2n) is 3.07. The van der Waals surface area contributed by atoms with Gasteiger partial charge in [-0.3, -0.25) is 4.79 Å².